The van der Waals surface area contributed by atoms with Crippen molar-refractivity contribution in [1.29, 1.82) is 0 Å². The second-order valence-electron chi connectivity index (χ2n) is 6.23. The maximum Gasteiger partial charge on any atom is 0.271 e. The van der Waals surface area contributed by atoms with Crippen molar-refractivity contribution in [2.24, 2.45) is 0 Å². The van der Waals surface area contributed by atoms with Crippen LogP contribution < -0.4 is 0 Å². The number of halogens is 1. The van der Waals surface area contributed by atoms with Crippen molar-refractivity contribution in [3.05, 3.63) is 70.7 Å². The average Bonchev–Trinajstić information content (AvgIpc) is 3.16. The number of carbonyl (C=O) groups excluding carboxylic acids is 1. The number of hydrogen-bond acceptors (Lipinski definition) is 2. The van der Waals surface area contributed by atoms with Crippen LogP contribution in [0, 0.1) is 0 Å². The molecule has 0 aliphatic heterocycles. The van der Waals surface area contributed by atoms with E-state index in [9.17, 15) is 4.79 Å². The third-order valence-electron chi connectivity index (χ3n) is 4.15. The third-order valence-corrected chi connectivity index (χ3v) is 5.37. The van der Waals surface area contributed by atoms with E-state index in [2.05, 4.69) is 36.4 Å². The van der Waals surface area contributed by atoms with Gasteiger partial charge in [-0.1, -0.05) is 35.9 Å². The monoisotopic (exact) mass is 372 g/mol. The molecule has 0 unspecified atom stereocenters. The fourth-order valence-corrected chi connectivity index (χ4v) is 4.04. The van der Waals surface area contributed by atoms with Crippen LogP contribution >= 0.6 is 22.9 Å². The molecule has 0 saturated carbocycles. The predicted molar refractivity (Wildman–Crippen MR) is 107 cm³/mol. The number of thiophene rings is 1. The van der Waals surface area contributed by atoms with E-state index in [4.69, 9.17) is 11.6 Å². The van der Waals surface area contributed by atoms with Crippen LogP contribution in [0.2, 0.25) is 5.02 Å². The van der Waals surface area contributed by atoms with Crippen LogP contribution in [0.15, 0.2) is 54.4 Å². The van der Waals surface area contributed by atoms with Gasteiger partial charge >= 0.3 is 0 Å². The quantitative estimate of drug-likeness (QED) is 0.504. The molecule has 0 fully saturated rings. The number of fused-ring (bicyclic) bond motifs is 1. The molecular formula is C20H21ClN2OS. The Labute approximate surface area is 157 Å². The van der Waals surface area contributed by atoms with Crippen molar-refractivity contribution in [3.63, 3.8) is 0 Å². The molecule has 0 spiro atoms. The van der Waals surface area contributed by atoms with Gasteiger partial charge in [0.2, 0.25) is 0 Å². The first-order valence-electron chi connectivity index (χ1n) is 8.25. The lowest BCUT2D eigenvalue weighted by Gasteiger charge is -2.23. The number of benzene rings is 1. The summed E-state index contributed by atoms with van der Waals surface area (Å²) in [7, 11) is 0. The van der Waals surface area contributed by atoms with Gasteiger partial charge in [0.1, 0.15) is 5.69 Å². The lowest BCUT2D eigenvalue weighted by atomic mass is 10.2. The van der Waals surface area contributed by atoms with Gasteiger partial charge in [0.25, 0.3) is 5.91 Å². The van der Waals surface area contributed by atoms with Gasteiger partial charge in [-0.2, -0.15) is 0 Å². The topological polar surface area (TPSA) is 25.2 Å². The summed E-state index contributed by atoms with van der Waals surface area (Å²) < 4.78 is 3.24. The molecule has 0 aliphatic carbocycles. The summed E-state index contributed by atoms with van der Waals surface area (Å²) in [6.45, 7) is 8.93. The summed E-state index contributed by atoms with van der Waals surface area (Å²) >= 11 is 7.94. The zero-order valence-electron chi connectivity index (χ0n) is 14.4. The lowest BCUT2D eigenvalue weighted by Crippen LogP contribution is -2.32. The maximum absolute atomic E-state index is 13.3. The van der Waals surface area contributed by atoms with Gasteiger partial charge < -0.3 is 9.47 Å². The van der Waals surface area contributed by atoms with Gasteiger partial charge in [-0.3, -0.25) is 4.79 Å². The molecule has 0 N–H and O–H groups in total. The second-order valence-corrected chi connectivity index (χ2v) is 7.58. The Morgan fingerprint density at radius 3 is 2.80 bits per heavy atom. The minimum Gasteiger partial charge on any atom is -0.333 e. The summed E-state index contributed by atoms with van der Waals surface area (Å²) in [6.07, 6.45) is 1.75. The van der Waals surface area contributed by atoms with Crippen LogP contribution in [0.4, 0.5) is 0 Å². The van der Waals surface area contributed by atoms with E-state index in [0.29, 0.717) is 23.8 Å². The summed E-state index contributed by atoms with van der Waals surface area (Å²) in [4.78, 5) is 15.0. The molecule has 0 bridgehead atoms. The van der Waals surface area contributed by atoms with Crippen LogP contribution in [0.1, 0.15) is 35.9 Å². The van der Waals surface area contributed by atoms with E-state index in [1.807, 2.05) is 30.3 Å². The molecular weight excluding hydrogens is 352 g/mol. The van der Waals surface area contributed by atoms with Crippen molar-refractivity contribution in [2.45, 2.75) is 26.4 Å². The highest BCUT2D eigenvalue weighted by molar-refractivity contribution is 7.17. The number of amides is 1. The Kier molecular flexibility index (Phi) is 5.30. The SMILES string of the molecule is C=CCN(Cc1ccccc1Cl)C(=O)c1cc2sccc2n1C(C)C. The van der Waals surface area contributed by atoms with Crippen molar-refractivity contribution in [2.75, 3.05) is 6.54 Å². The number of rotatable bonds is 6. The Hall–Kier alpha value is -2.04. The van der Waals surface area contributed by atoms with E-state index >= 15 is 0 Å². The Bertz CT molecular complexity index is 909. The molecule has 3 aromatic rings. The minimum atomic E-state index is -0.00285. The molecule has 2 heterocycles. The number of aromatic nitrogens is 1. The molecule has 0 saturated heterocycles. The summed E-state index contributed by atoms with van der Waals surface area (Å²) in [5, 5.41) is 2.73. The zero-order chi connectivity index (χ0) is 18.0. The van der Waals surface area contributed by atoms with Crippen LogP contribution in [0.25, 0.3) is 10.2 Å². The van der Waals surface area contributed by atoms with Crippen molar-refractivity contribution >= 4 is 39.1 Å². The van der Waals surface area contributed by atoms with Gasteiger partial charge in [0.15, 0.2) is 0 Å². The summed E-state index contributed by atoms with van der Waals surface area (Å²) in [5.74, 6) is -0.00285. The van der Waals surface area contributed by atoms with Crippen LogP contribution in [-0.4, -0.2) is 21.9 Å². The minimum absolute atomic E-state index is 0.00285. The van der Waals surface area contributed by atoms with Gasteiger partial charge in [-0.25, -0.2) is 0 Å². The molecule has 3 nitrogen and oxygen atoms in total. The molecule has 0 atom stereocenters. The van der Waals surface area contributed by atoms with Crippen LogP contribution in [-0.2, 0) is 6.54 Å². The highest BCUT2D eigenvalue weighted by atomic mass is 35.5. The van der Waals surface area contributed by atoms with Gasteiger partial charge in [0, 0.05) is 24.2 Å². The third kappa shape index (κ3) is 3.51. The molecule has 2 aromatic heterocycles. The van der Waals surface area contributed by atoms with E-state index in [1.54, 1.807) is 22.3 Å². The summed E-state index contributed by atoms with van der Waals surface area (Å²) in [5.41, 5.74) is 2.76. The lowest BCUT2D eigenvalue weighted by molar-refractivity contribution is 0.0751. The van der Waals surface area contributed by atoms with Gasteiger partial charge in [-0.15, -0.1) is 17.9 Å². The van der Waals surface area contributed by atoms with Crippen LogP contribution in [0.5, 0.6) is 0 Å². The van der Waals surface area contributed by atoms with Gasteiger partial charge in [0.05, 0.1) is 10.2 Å². The Balaban J connectivity index is 1.98. The first kappa shape index (κ1) is 17.8. The van der Waals surface area contributed by atoms with E-state index in [1.165, 1.54) is 0 Å². The Morgan fingerprint density at radius 2 is 2.12 bits per heavy atom. The zero-order valence-corrected chi connectivity index (χ0v) is 16.0. The highest BCUT2D eigenvalue weighted by Crippen LogP contribution is 2.29. The maximum atomic E-state index is 13.3. The van der Waals surface area contributed by atoms with Crippen molar-refractivity contribution < 1.29 is 4.79 Å². The molecule has 25 heavy (non-hydrogen) atoms. The molecule has 0 radical (unpaired) electrons. The first-order chi connectivity index (χ1) is 12.0. The van der Waals surface area contributed by atoms with E-state index in [-0.39, 0.29) is 11.9 Å². The first-order valence-corrected chi connectivity index (χ1v) is 9.50. The smallest absolute Gasteiger partial charge is 0.271 e. The van der Waals surface area contributed by atoms with E-state index in [0.717, 1.165) is 15.8 Å². The number of carbonyl (C=O) groups is 1. The standard InChI is InChI=1S/C20H21ClN2OS/c1-4-10-22(13-15-7-5-6-8-16(15)21)20(24)18-12-19-17(9-11-25-19)23(18)14(2)3/h4-9,11-12,14H,1,10,13H2,2-3H3. The molecule has 0 aliphatic rings. The number of nitrogens with zero attached hydrogens (tertiary/aromatic N) is 2. The molecule has 1 amide bonds. The summed E-state index contributed by atoms with van der Waals surface area (Å²) in [6, 6.07) is 11.9. The second kappa shape index (κ2) is 7.46. The molecule has 1 aromatic carbocycles. The number of hydrogen-bond donors (Lipinski definition) is 0. The van der Waals surface area contributed by atoms with Gasteiger partial charge in [-0.05, 0) is 43.0 Å². The molecule has 130 valence electrons. The van der Waals surface area contributed by atoms with Crippen molar-refractivity contribution in [3.8, 4) is 0 Å². The molecule has 3 rings (SSSR count). The Morgan fingerprint density at radius 1 is 1.36 bits per heavy atom. The van der Waals surface area contributed by atoms with Crippen molar-refractivity contribution in [1.82, 2.24) is 9.47 Å². The largest absolute Gasteiger partial charge is 0.333 e. The van der Waals surface area contributed by atoms with E-state index < -0.39 is 0 Å². The fraction of sp³-hybridized carbons (Fsp3) is 0.250. The molecule has 5 heteroatoms. The highest BCUT2D eigenvalue weighted by Gasteiger charge is 2.23. The average molecular weight is 373 g/mol. The van der Waals surface area contributed by atoms with Crippen LogP contribution in [0.3, 0.4) is 0 Å². The predicted octanol–water partition coefficient (Wildman–Crippen LogP) is 5.77. The normalized spacial score (nSPS) is 11.2. The fourth-order valence-electron chi connectivity index (χ4n) is 3.04.